The number of thiocarbonyl (C=S) groups is 1. The van der Waals surface area contributed by atoms with E-state index in [-0.39, 0.29) is 18.6 Å². The highest BCUT2D eigenvalue weighted by Gasteiger charge is 2.37. The molecule has 25 heavy (non-hydrogen) atoms. The van der Waals surface area contributed by atoms with Crippen molar-refractivity contribution >= 4 is 46.2 Å². The third-order valence-electron chi connectivity index (χ3n) is 4.32. The van der Waals surface area contributed by atoms with E-state index in [1.165, 1.54) is 18.2 Å². The van der Waals surface area contributed by atoms with Crippen molar-refractivity contribution in [3.8, 4) is 5.75 Å². The number of nitrogens with zero attached hydrogens (tertiary/aromatic N) is 1. The van der Waals surface area contributed by atoms with Gasteiger partial charge in [0.2, 0.25) is 0 Å². The Hall–Kier alpha value is -1.86. The highest BCUT2D eigenvalue weighted by atomic mass is 32.2. The summed E-state index contributed by atoms with van der Waals surface area (Å²) < 4.78 is 5.89. The molecular formula is C18H20N2O3S2. The minimum absolute atomic E-state index is 0.0101. The van der Waals surface area contributed by atoms with Crippen LogP contribution in [0.3, 0.4) is 0 Å². The number of hydrogen-bond donors (Lipinski definition) is 1. The first-order valence-corrected chi connectivity index (χ1v) is 9.55. The molecule has 0 radical (unpaired) electrons. The van der Waals surface area contributed by atoms with Crippen LogP contribution in [0.2, 0.25) is 0 Å². The molecule has 1 aliphatic heterocycles. The van der Waals surface area contributed by atoms with E-state index in [2.05, 4.69) is 0 Å². The summed E-state index contributed by atoms with van der Waals surface area (Å²) in [7, 11) is 0. The smallest absolute Gasteiger partial charge is 0.266 e. The maximum Gasteiger partial charge on any atom is 0.266 e. The van der Waals surface area contributed by atoms with Crippen LogP contribution < -0.4 is 10.5 Å². The van der Waals surface area contributed by atoms with E-state index in [4.69, 9.17) is 22.7 Å². The first kappa shape index (κ1) is 17.9. The molecule has 1 aromatic rings. The van der Waals surface area contributed by atoms with Crippen LogP contribution in [0.5, 0.6) is 5.75 Å². The number of carbonyl (C=O) groups excluding carboxylic acids is 2. The average molecular weight is 377 g/mol. The topological polar surface area (TPSA) is 72.6 Å². The summed E-state index contributed by atoms with van der Waals surface area (Å²) in [6, 6.07) is 7.41. The number of benzene rings is 1. The number of thioether (sulfide) groups is 1. The van der Waals surface area contributed by atoms with Gasteiger partial charge in [0.25, 0.3) is 11.8 Å². The zero-order chi connectivity index (χ0) is 17.8. The largest absolute Gasteiger partial charge is 0.484 e. The Balaban J connectivity index is 1.69. The lowest BCUT2D eigenvalue weighted by Crippen LogP contribution is -2.39. The maximum absolute atomic E-state index is 12.7. The fourth-order valence-electron chi connectivity index (χ4n) is 3.10. The summed E-state index contributed by atoms with van der Waals surface area (Å²) in [6.45, 7) is -0.153. The van der Waals surface area contributed by atoms with E-state index < -0.39 is 5.91 Å². The lowest BCUT2D eigenvalue weighted by molar-refractivity contribution is -0.124. The molecule has 1 heterocycles. The zero-order valence-corrected chi connectivity index (χ0v) is 15.4. The van der Waals surface area contributed by atoms with Gasteiger partial charge in [-0.3, -0.25) is 14.5 Å². The predicted octanol–water partition coefficient (Wildman–Crippen LogP) is 3.08. The molecule has 2 N–H and O–H groups in total. The van der Waals surface area contributed by atoms with Crippen LogP contribution in [0.15, 0.2) is 29.2 Å². The molecule has 0 unspecified atom stereocenters. The fourth-order valence-corrected chi connectivity index (χ4v) is 4.50. The van der Waals surface area contributed by atoms with E-state index in [9.17, 15) is 9.59 Å². The molecule has 0 spiro atoms. The van der Waals surface area contributed by atoms with Crippen molar-refractivity contribution in [2.45, 2.75) is 38.1 Å². The van der Waals surface area contributed by atoms with Crippen molar-refractivity contribution in [1.82, 2.24) is 4.90 Å². The van der Waals surface area contributed by atoms with Crippen LogP contribution in [0.4, 0.5) is 0 Å². The molecule has 7 heteroatoms. The third kappa shape index (κ3) is 4.41. The van der Waals surface area contributed by atoms with Crippen molar-refractivity contribution in [3.05, 3.63) is 34.7 Å². The molecule has 1 saturated carbocycles. The minimum Gasteiger partial charge on any atom is -0.484 e. The predicted molar refractivity (Wildman–Crippen MR) is 103 cm³/mol. The van der Waals surface area contributed by atoms with E-state index in [0.717, 1.165) is 31.2 Å². The summed E-state index contributed by atoms with van der Waals surface area (Å²) >= 11 is 6.80. The van der Waals surface area contributed by atoms with E-state index >= 15 is 0 Å². The third-order valence-corrected chi connectivity index (χ3v) is 5.65. The fraction of sp³-hybridized carbons (Fsp3) is 0.389. The lowest BCUT2D eigenvalue weighted by atomic mass is 9.94. The molecule has 0 bridgehead atoms. The van der Waals surface area contributed by atoms with Gasteiger partial charge in [-0.15, -0.1) is 0 Å². The number of primary amides is 1. The molecule has 1 aromatic carbocycles. The standard InChI is InChI=1S/C18H20N2O3S2/c19-16(21)11-23-14-8-6-12(7-9-14)10-15-17(22)20(18(24)25-15)13-4-2-1-3-5-13/h6-10,13H,1-5,11H2,(H2,19,21)/b15-10+. The molecule has 2 aliphatic rings. The second-order valence-electron chi connectivity index (χ2n) is 6.17. The zero-order valence-electron chi connectivity index (χ0n) is 13.8. The van der Waals surface area contributed by atoms with Crippen molar-refractivity contribution in [3.63, 3.8) is 0 Å². The van der Waals surface area contributed by atoms with Crippen LogP contribution in [0.25, 0.3) is 6.08 Å². The second kappa shape index (κ2) is 8.01. The second-order valence-corrected chi connectivity index (χ2v) is 7.84. The molecule has 2 amide bonds. The Labute approximate surface area is 156 Å². The summed E-state index contributed by atoms with van der Waals surface area (Å²) in [4.78, 5) is 25.9. The Morgan fingerprint density at radius 1 is 1.28 bits per heavy atom. The summed E-state index contributed by atoms with van der Waals surface area (Å²) in [5, 5.41) is 0. The Morgan fingerprint density at radius 3 is 2.60 bits per heavy atom. The number of rotatable bonds is 5. The maximum atomic E-state index is 12.7. The lowest BCUT2D eigenvalue weighted by Gasteiger charge is -2.29. The summed E-state index contributed by atoms with van der Waals surface area (Å²) in [5.74, 6) is 0.0529. The van der Waals surface area contributed by atoms with E-state index in [0.29, 0.717) is 15.0 Å². The molecule has 2 fully saturated rings. The number of ether oxygens (including phenoxy) is 1. The van der Waals surface area contributed by atoms with Crippen LogP contribution in [0, 0.1) is 0 Å². The Kier molecular flexibility index (Phi) is 5.75. The van der Waals surface area contributed by atoms with Crippen molar-refractivity contribution < 1.29 is 14.3 Å². The summed E-state index contributed by atoms with van der Waals surface area (Å²) in [6.07, 6.45) is 7.48. The molecule has 5 nitrogen and oxygen atoms in total. The SMILES string of the molecule is NC(=O)COc1ccc(/C=C2/SC(=S)N(C3CCCCC3)C2=O)cc1. The molecule has 0 aromatic heterocycles. The first-order valence-electron chi connectivity index (χ1n) is 8.33. The number of amides is 2. The molecular weight excluding hydrogens is 356 g/mol. The molecule has 0 atom stereocenters. The van der Waals surface area contributed by atoms with Crippen LogP contribution in [-0.2, 0) is 9.59 Å². The summed E-state index contributed by atoms with van der Waals surface area (Å²) in [5.41, 5.74) is 5.94. The van der Waals surface area contributed by atoms with Crippen molar-refractivity contribution in [2.24, 2.45) is 5.73 Å². The van der Waals surface area contributed by atoms with Gasteiger partial charge >= 0.3 is 0 Å². The minimum atomic E-state index is -0.518. The molecule has 1 aliphatic carbocycles. The molecule has 3 rings (SSSR count). The highest BCUT2D eigenvalue weighted by Crippen LogP contribution is 2.37. The van der Waals surface area contributed by atoms with Gasteiger partial charge in [0.05, 0.1) is 4.91 Å². The van der Waals surface area contributed by atoms with Gasteiger partial charge in [-0.1, -0.05) is 55.4 Å². The van der Waals surface area contributed by atoms with Crippen LogP contribution in [-0.4, -0.2) is 33.7 Å². The van der Waals surface area contributed by atoms with Crippen molar-refractivity contribution in [1.29, 1.82) is 0 Å². The van der Waals surface area contributed by atoms with E-state index in [1.807, 2.05) is 18.2 Å². The van der Waals surface area contributed by atoms with Gasteiger partial charge in [-0.05, 0) is 36.6 Å². The Bertz CT molecular complexity index is 710. The first-order chi connectivity index (χ1) is 12.0. The van der Waals surface area contributed by atoms with Gasteiger partial charge in [-0.2, -0.15) is 0 Å². The Morgan fingerprint density at radius 2 is 1.96 bits per heavy atom. The monoisotopic (exact) mass is 376 g/mol. The highest BCUT2D eigenvalue weighted by molar-refractivity contribution is 8.26. The average Bonchev–Trinajstić information content (AvgIpc) is 2.88. The molecule has 132 valence electrons. The quantitative estimate of drug-likeness (QED) is 0.631. The van der Waals surface area contributed by atoms with Gasteiger partial charge in [0.1, 0.15) is 10.1 Å². The van der Waals surface area contributed by atoms with Gasteiger partial charge in [-0.25, -0.2) is 0 Å². The number of carbonyl (C=O) groups is 2. The van der Waals surface area contributed by atoms with Crippen LogP contribution in [0.1, 0.15) is 37.7 Å². The van der Waals surface area contributed by atoms with E-state index in [1.54, 1.807) is 17.0 Å². The normalized spacial score (nSPS) is 20.3. The van der Waals surface area contributed by atoms with Gasteiger partial charge < -0.3 is 10.5 Å². The molecule has 1 saturated heterocycles. The number of hydrogen-bond acceptors (Lipinski definition) is 5. The van der Waals surface area contributed by atoms with Gasteiger partial charge in [0, 0.05) is 6.04 Å². The van der Waals surface area contributed by atoms with Crippen LogP contribution >= 0.6 is 24.0 Å². The van der Waals surface area contributed by atoms with Crippen molar-refractivity contribution in [2.75, 3.05) is 6.61 Å². The number of nitrogens with two attached hydrogens (primary N) is 1. The van der Waals surface area contributed by atoms with Gasteiger partial charge in [0.15, 0.2) is 6.61 Å².